The van der Waals surface area contributed by atoms with Crippen LogP contribution in [0.1, 0.15) is 28.8 Å². The molecule has 4 aromatic rings. The summed E-state index contributed by atoms with van der Waals surface area (Å²) in [6.07, 6.45) is 8.24. The van der Waals surface area contributed by atoms with Crippen molar-refractivity contribution in [3.63, 3.8) is 0 Å². The van der Waals surface area contributed by atoms with Crippen LogP contribution in [0.4, 0.5) is 5.82 Å². The maximum atomic E-state index is 12.0. The first-order valence-corrected chi connectivity index (χ1v) is 10.3. The van der Waals surface area contributed by atoms with Crippen LogP contribution >= 0.6 is 11.3 Å². The number of carboxylic acid groups (broad SMARTS) is 1. The zero-order valence-electron chi connectivity index (χ0n) is 15.2. The molecule has 28 heavy (non-hydrogen) atoms. The van der Waals surface area contributed by atoms with Gasteiger partial charge in [0.1, 0.15) is 23.0 Å². The van der Waals surface area contributed by atoms with Crippen molar-refractivity contribution in [2.24, 2.45) is 0 Å². The van der Waals surface area contributed by atoms with E-state index in [-0.39, 0.29) is 0 Å². The lowest BCUT2D eigenvalue weighted by molar-refractivity contribution is -0.137. The van der Waals surface area contributed by atoms with Gasteiger partial charge < -0.3 is 15.4 Å². The second-order valence-corrected chi connectivity index (χ2v) is 8.30. The normalized spacial score (nSPS) is 14.9. The van der Waals surface area contributed by atoms with E-state index in [2.05, 4.69) is 20.3 Å². The number of aliphatic carboxylic acids is 1. The van der Waals surface area contributed by atoms with Crippen molar-refractivity contribution in [1.29, 1.82) is 0 Å². The van der Waals surface area contributed by atoms with Crippen molar-refractivity contribution in [3.8, 4) is 0 Å². The van der Waals surface area contributed by atoms with Gasteiger partial charge in [0, 0.05) is 28.4 Å². The lowest BCUT2D eigenvalue weighted by Gasteiger charge is -2.17. The quantitative estimate of drug-likeness (QED) is 0.474. The molecule has 1 aliphatic rings. The molecule has 3 heterocycles. The van der Waals surface area contributed by atoms with Crippen LogP contribution in [0.3, 0.4) is 0 Å². The molecule has 0 unspecified atom stereocenters. The zero-order valence-corrected chi connectivity index (χ0v) is 16.1. The molecule has 0 spiro atoms. The largest absolute Gasteiger partial charge is 0.480 e. The third-order valence-electron chi connectivity index (χ3n) is 5.46. The summed E-state index contributed by atoms with van der Waals surface area (Å²) in [5.74, 6) is -0.252. The highest BCUT2D eigenvalue weighted by molar-refractivity contribution is 7.19. The Morgan fingerprint density at radius 1 is 1.25 bits per heavy atom. The van der Waals surface area contributed by atoms with Crippen LogP contribution in [-0.4, -0.2) is 32.1 Å². The molecule has 1 atom stereocenters. The van der Waals surface area contributed by atoms with Crippen molar-refractivity contribution in [2.75, 3.05) is 5.32 Å². The first kappa shape index (κ1) is 17.2. The van der Waals surface area contributed by atoms with Gasteiger partial charge in [-0.05, 0) is 42.9 Å². The van der Waals surface area contributed by atoms with Crippen LogP contribution in [0.15, 0.2) is 36.8 Å². The first-order valence-electron chi connectivity index (χ1n) is 9.50. The number of nitrogens with one attached hydrogen (secondary N) is 2. The Morgan fingerprint density at radius 3 is 3.00 bits per heavy atom. The predicted octanol–water partition coefficient (Wildman–Crippen LogP) is 4.16. The van der Waals surface area contributed by atoms with E-state index in [1.807, 2.05) is 30.5 Å². The van der Waals surface area contributed by atoms with Crippen molar-refractivity contribution in [1.82, 2.24) is 15.0 Å². The Hall–Kier alpha value is -2.93. The van der Waals surface area contributed by atoms with Crippen molar-refractivity contribution in [2.45, 2.75) is 38.1 Å². The standard InChI is InChI=1S/C21H20N4O2S/c26-21(27)16(9-12-10-22-15-7-3-1-5-13(12)15)25-19-18-14-6-2-4-8-17(14)28-20(18)24-11-23-19/h1,3,5,7,10-11,16,22H,2,4,6,8-9H2,(H,26,27)(H,23,24,25)/t16-/m1/s1. The molecular formula is C21H20N4O2S. The average molecular weight is 392 g/mol. The summed E-state index contributed by atoms with van der Waals surface area (Å²) >= 11 is 1.71. The van der Waals surface area contributed by atoms with Crippen LogP contribution in [0, 0.1) is 0 Å². The van der Waals surface area contributed by atoms with E-state index in [1.165, 1.54) is 23.2 Å². The van der Waals surface area contributed by atoms with Gasteiger partial charge in [-0.3, -0.25) is 0 Å². The minimum Gasteiger partial charge on any atom is -0.480 e. The average Bonchev–Trinajstić information content (AvgIpc) is 3.29. The molecule has 0 amide bonds. The van der Waals surface area contributed by atoms with Gasteiger partial charge in [-0.25, -0.2) is 14.8 Å². The summed E-state index contributed by atoms with van der Waals surface area (Å²) in [7, 11) is 0. The molecule has 1 aromatic carbocycles. The van der Waals surface area contributed by atoms with E-state index in [0.29, 0.717) is 12.2 Å². The van der Waals surface area contributed by atoms with Gasteiger partial charge in [0.2, 0.25) is 0 Å². The molecule has 0 radical (unpaired) electrons. The number of aromatic amines is 1. The number of hydrogen-bond acceptors (Lipinski definition) is 5. The second-order valence-electron chi connectivity index (χ2n) is 7.21. The highest BCUT2D eigenvalue weighted by Crippen LogP contribution is 2.38. The van der Waals surface area contributed by atoms with Gasteiger partial charge in [-0.2, -0.15) is 0 Å². The summed E-state index contributed by atoms with van der Waals surface area (Å²) in [4.78, 5) is 26.4. The molecule has 0 aliphatic heterocycles. The fourth-order valence-electron chi connectivity index (χ4n) is 4.09. The van der Waals surface area contributed by atoms with Gasteiger partial charge in [0.25, 0.3) is 0 Å². The number of thiophene rings is 1. The topological polar surface area (TPSA) is 90.9 Å². The lowest BCUT2D eigenvalue weighted by atomic mass is 9.97. The summed E-state index contributed by atoms with van der Waals surface area (Å²) in [6.45, 7) is 0. The fraction of sp³-hybridized carbons (Fsp3) is 0.286. The smallest absolute Gasteiger partial charge is 0.326 e. The zero-order chi connectivity index (χ0) is 19.1. The fourth-order valence-corrected chi connectivity index (χ4v) is 5.31. The molecule has 5 rings (SSSR count). The Bertz CT molecular complexity index is 1180. The molecule has 3 N–H and O–H groups in total. The Labute approximate surface area is 165 Å². The van der Waals surface area contributed by atoms with E-state index in [1.54, 1.807) is 11.3 Å². The monoisotopic (exact) mass is 392 g/mol. The van der Waals surface area contributed by atoms with Crippen LogP contribution in [0.25, 0.3) is 21.1 Å². The van der Waals surface area contributed by atoms with Gasteiger partial charge in [0.15, 0.2) is 0 Å². The van der Waals surface area contributed by atoms with Gasteiger partial charge >= 0.3 is 5.97 Å². The summed E-state index contributed by atoms with van der Waals surface area (Å²) in [5, 5.41) is 15.1. The van der Waals surface area contributed by atoms with Gasteiger partial charge in [-0.1, -0.05) is 18.2 Å². The highest BCUT2D eigenvalue weighted by atomic mass is 32.1. The molecule has 0 bridgehead atoms. The van der Waals surface area contributed by atoms with Crippen LogP contribution in [-0.2, 0) is 24.1 Å². The SMILES string of the molecule is O=C(O)[C@@H](Cc1c[nH]c2ccccc12)Nc1ncnc2sc3c(c12)CCCC3. The third kappa shape index (κ3) is 2.92. The number of nitrogens with zero attached hydrogens (tertiary/aromatic N) is 2. The van der Waals surface area contributed by atoms with Crippen LogP contribution in [0.5, 0.6) is 0 Å². The molecule has 0 fully saturated rings. The molecule has 7 heteroatoms. The van der Waals surface area contributed by atoms with E-state index in [0.717, 1.165) is 45.9 Å². The predicted molar refractivity (Wildman–Crippen MR) is 111 cm³/mol. The second kappa shape index (κ2) is 6.91. The summed E-state index contributed by atoms with van der Waals surface area (Å²) in [6, 6.07) is 7.17. The van der Waals surface area contributed by atoms with Crippen molar-refractivity contribution >= 4 is 44.2 Å². The minimum absolute atomic E-state index is 0.372. The first-order chi connectivity index (χ1) is 13.7. The number of aromatic nitrogens is 3. The number of benzene rings is 1. The van der Waals surface area contributed by atoms with Crippen LogP contribution < -0.4 is 5.32 Å². The molecule has 142 valence electrons. The number of H-pyrrole nitrogens is 1. The molecule has 1 aliphatic carbocycles. The van der Waals surface area contributed by atoms with Crippen LogP contribution in [0.2, 0.25) is 0 Å². The highest BCUT2D eigenvalue weighted by Gasteiger charge is 2.24. The van der Waals surface area contributed by atoms with E-state index < -0.39 is 12.0 Å². The number of hydrogen-bond donors (Lipinski definition) is 3. The van der Waals surface area contributed by atoms with Gasteiger partial charge in [-0.15, -0.1) is 11.3 Å². The lowest BCUT2D eigenvalue weighted by Crippen LogP contribution is -2.32. The maximum Gasteiger partial charge on any atom is 0.326 e. The summed E-state index contributed by atoms with van der Waals surface area (Å²) < 4.78 is 0. The molecular weight excluding hydrogens is 372 g/mol. The van der Waals surface area contributed by atoms with Gasteiger partial charge in [0.05, 0.1) is 5.39 Å². The van der Waals surface area contributed by atoms with Crippen molar-refractivity contribution in [3.05, 3.63) is 52.8 Å². The van der Waals surface area contributed by atoms with E-state index in [9.17, 15) is 9.90 Å². The number of rotatable bonds is 5. The molecule has 0 saturated heterocycles. The Kier molecular flexibility index (Phi) is 4.24. The third-order valence-corrected chi connectivity index (χ3v) is 6.66. The maximum absolute atomic E-state index is 12.0. The number of carboxylic acids is 1. The number of fused-ring (bicyclic) bond motifs is 4. The van der Waals surface area contributed by atoms with Crippen molar-refractivity contribution < 1.29 is 9.90 Å². The van der Waals surface area contributed by atoms with E-state index in [4.69, 9.17) is 0 Å². The number of para-hydroxylation sites is 1. The molecule has 0 saturated carbocycles. The number of anilines is 1. The Morgan fingerprint density at radius 2 is 2.11 bits per heavy atom. The number of carbonyl (C=O) groups is 1. The Balaban J connectivity index is 1.51. The van der Waals surface area contributed by atoms with E-state index >= 15 is 0 Å². The molecule has 6 nitrogen and oxygen atoms in total. The number of aryl methyl sites for hydroxylation is 2. The minimum atomic E-state index is -0.888. The molecule has 3 aromatic heterocycles. The summed E-state index contributed by atoms with van der Waals surface area (Å²) in [5.41, 5.74) is 3.29.